The normalized spacial score (nSPS) is 23.5. The lowest BCUT2D eigenvalue weighted by molar-refractivity contribution is -0.0373. The SMILES string of the molecule is CC1COC(CCl)CN1C(=O)c1cccc(F)c1F. The van der Waals surface area contributed by atoms with Crippen LogP contribution >= 0.6 is 11.6 Å². The fourth-order valence-corrected chi connectivity index (χ4v) is 2.20. The maximum atomic E-state index is 13.6. The van der Waals surface area contributed by atoms with E-state index in [1.807, 2.05) is 0 Å². The highest BCUT2D eigenvalue weighted by Gasteiger charge is 2.31. The molecule has 1 saturated heterocycles. The minimum Gasteiger partial charge on any atom is -0.373 e. The second-order valence-corrected chi connectivity index (χ2v) is 4.83. The predicted octanol–water partition coefficient (Wildman–Crippen LogP) is 2.43. The minimum absolute atomic E-state index is 0.199. The molecule has 0 aliphatic carbocycles. The largest absolute Gasteiger partial charge is 0.373 e. The summed E-state index contributed by atoms with van der Waals surface area (Å²) in [6.45, 7) is 2.40. The molecule has 1 aromatic rings. The van der Waals surface area contributed by atoms with Gasteiger partial charge in [0, 0.05) is 6.54 Å². The van der Waals surface area contributed by atoms with Gasteiger partial charge in [-0.15, -0.1) is 11.6 Å². The Hall–Kier alpha value is -1.20. The Morgan fingerprint density at radius 2 is 2.26 bits per heavy atom. The molecule has 1 fully saturated rings. The average molecular weight is 290 g/mol. The van der Waals surface area contributed by atoms with Gasteiger partial charge in [-0.1, -0.05) is 6.07 Å². The zero-order valence-electron chi connectivity index (χ0n) is 10.4. The van der Waals surface area contributed by atoms with Crippen LogP contribution in [0.3, 0.4) is 0 Å². The Morgan fingerprint density at radius 3 is 2.95 bits per heavy atom. The summed E-state index contributed by atoms with van der Waals surface area (Å²) in [6, 6.07) is 3.37. The first kappa shape index (κ1) is 14.2. The summed E-state index contributed by atoms with van der Waals surface area (Å²) >= 11 is 5.70. The van der Waals surface area contributed by atoms with E-state index in [9.17, 15) is 13.6 Å². The van der Waals surface area contributed by atoms with E-state index in [0.717, 1.165) is 6.07 Å². The van der Waals surface area contributed by atoms with E-state index in [2.05, 4.69) is 0 Å². The number of halogens is 3. The number of nitrogens with zero attached hydrogens (tertiary/aromatic N) is 1. The van der Waals surface area contributed by atoms with Crippen LogP contribution in [-0.2, 0) is 4.74 Å². The van der Waals surface area contributed by atoms with Gasteiger partial charge in [-0.05, 0) is 19.1 Å². The zero-order valence-corrected chi connectivity index (χ0v) is 11.2. The third-order valence-electron chi connectivity index (χ3n) is 3.12. The lowest BCUT2D eigenvalue weighted by Crippen LogP contribution is -2.51. The Balaban J connectivity index is 2.24. The number of hydrogen-bond acceptors (Lipinski definition) is 2. The molecule has 2 atom stereocenters. The number of carbonyl (C=O) groups excluding carboxylic acids is 1. The second-order valence-electron chi connectivity index (χ2n) is 4.52. The van der Waals surface area contributed by atoms with Crippen molar-refractivity contribution in [2.24, 2.45) is 0 Å². The maximum Gasteiger partial charge on any atom is 0.257 e. The smallest absolute Gasteiger partial charge is 0.257 e. The van der Waals surface area contributed by atoms with Crippen molar-refractivity contribution in [1.82, 2.24) is 4.90 Å². The van der Waals surface area contributed by atoms with Crippen molar-refractivity contribution in [3.8, 4) is 0 Å². The van der Waals surface area contributed by atoms with E-state index in [1.54, 1.807) is 6.92 Å². The van der Waals surface area contributed by atoms with Crippen molar-refractivity contribution in [2.45, 2.75) is 19.1 Å². The topological polar surface area (TPSA) is 29.5 Å². The molecule has 0 aromatic heterocycles. The van der Waals surface area contributed by atoms with Crippen LogP contribution in [0.2, 0.25) is 0 Å². The maximum absolute atomic E-state index is 13.6. The molecule has 1 heterocycles. The zero-order chi connectivity index (χ0) is 14.0. The van der Waals surface area contributed by atoms with Gasteiger partial charge in [-0.25, -0.2) is 8.78 Å². The fourth-order valence-electron chi connectivity index (χ4n) is 2.02. The van der Waals surface area contributed by atoms with Gasteiger partial charge >= 0.3 is 0 Å². The van der Waals surface area contributed by atoms with Gasteiger partial charge in [0.15, 0.2) is 11.6 Å². The number of carbonyl (C=O) groups is 1. The van der Waals surface area contributed by atoms with Gasteiger partial charge in [0.1, 0.15) is 0 Å². The first-order valence-corrected chi connectivity index (χ1v) is 6.50. The van der Waals surface area contributed by atoms with Crippen molar-refractivity contribution >= 4 is 17.5 Å². The number of ether oxygens (including phenoxy) is 1. The van der Waals surface area contributed by atoms with Gasteiger partial charge < -0.3 is 9.64 Å². The molecular weight excluding hydrogens is 276 g/mol. The molecule has 0 saturated carbocycles. The summed E-state index contributed by atoms with van der Waals surface area (Å²) < 4.78 is 32.2. The molecule has 1 aromatic carbocycles. The molecule has 2 rings (SSSR count). The number of amides is 1. The first-order chi connectivity index (χ1) is 9.04. The van der Waals surface area contributed by atoms with Crippen molar-refractivity contribution in [1.29, 1.82) is 0 Å². The molecular formula is C13H14ClF2NO2. The van der Waals surface area contributed by atoms with Crippen LogP contribution in [0.1, 0.15) is 17.3 Å². The molecule has 1 aliphatic rings. The van der Waals surface area contributed by atoms with Gasteiger partial charge in [0.05, 0.1) is 30.2 Å². The van der Waals surface area contributed by atoms with E-state index >= 15 is 0 Å². The van der Waals surface area contributed by atoms with E-state index in [0.29, 0.717) is 6.61 Å². The highest BCUT2D eigenvalue weighted by atomic mass is 35.5. The molecule has 104 valence electrons. The Morgan fingerprint density at radius 1 is 1.53 bits per heavy atom. The molecule has 0 N–H and O–H groups in total. The van der Waals surface area contributed by atoms with E-state index in [1.165, 1.54) is 17.0 Å². The van der Waals surface area contributed by atoms with Crippen LogP contribution < -0.4 is 0 Å². The predicted molar refractivity (Wildman–Crippen MR) is 67.3 cm³/mol. The number of rotatable bonds is 2. The standard InChI is InChI=1S/C13H14ClF2NO2/c1-8-7-19-9(5-14)6-17(8)13(18)10-3-2-4-11(15)12(10)16/h2-4,8-9H,5-7H2,1H3. The van der Waals surface area contributed by atoms with Crippen molar-refractivity contribution < 1.29 is 18.3 Å². The molecule has 6 heteroatoms. The first-order valence-electron chi connectivity index (χ1n) is 5.97. The summed E-state index contributed by atoms with van der Waals surface area (Å²) in [5, 5.41) is 0. The Kier molecular flexibility index (Phi) is 4.37. The summed E-state index contributed by atoms with van der Waals surface area (Å²) in [7, 11) is 0. The van der Waals surface area contributed by atoms with Crippen LogP contribution in [0.15, 0.2) is 18.2 Å². The fraction of sp³-hybridized carbons (Fsp3) is 0.462. The molecule has 2 unspecified atom stereocenters. The van der Waals surface area contributed by atoms with Crippen LogP contribution in [0.25, 0.3) is 0 Å². The minimum atomic E-state index is -1.12. The van der Waals surface area contributed by atoms with Crippen LogP contribution in [-0.4, -0.2) is 42.0 Å². The highest BCUT2D eigenvalue weighted by molar-refractivity contribution is 6.18. The Labute approximate surface area is 115 Å². The summed E-state index contributed by atoms with van der Waals surface area (Å²) in [6.07, 6.45) is -0.279. The van der Waals surface area contributed by atoms with Crippen LogP contribution in [0.5, 0.6) is 0 Å². The van der Waals surface area contributed by atoms with E-state index in [4.69, 9.17) is 16.3 Å². The van der Waals surface area contributed by atoms with Crippen molar-refractivity contribution in [3.05, 3.63) is 35.4 Å². The molecule has 19 heavy (non-hydrogen) atoms. The number of alkyl halides is 1. The molecule has 1 aliphatic heterocycles. The third-order valence-corrected chi connectivity index (χ3v) is 3.46. The summed E-state index contributed by atoms with van der Waals surface area (Å²) in [5.41, 5.74) is -0.262. The molecule has 1 amide bonds. The average Bonchev–Trinajstić information content (AvgIpc) is 2.42. The number of benzene rings is 1. The quantitative estimate of drug-likeness (QED) is 0.783. The van der Waals surface area contributed by atoms with Gasteiger partial charge in [0.25, 0.3) is 5.91 Å². The molecule has 3 nitrogen and oxygen atoms in total. The lowest BCUT2D eigenvalue weighted by Gasteiger charge is -2.37. The van der Waals surface area contributed by atoms with Gasteiger partial charge in [0.2, 0.25) is 0 Å². The molecule has 0 bridgehead atoms. The summed E-state index contributed by atoms with van der Waals surface area (Å²) in [4.78, 5) is 13.7. The third kappa shape index (κ3) is 2.87. The van der Waals surface area contributed by atoms with Gasteiger partial charge in [-0.3, -0.25) is 4.79 Å². The number of hydrogen-bond donors (Lipinski definition) is 0. The lowest BCUT2D eigenvalue weighted by atomic mass is 10.1. The second kappa shape index (κ2) is 5.84. The Bertz CT molecular complexity index is 484. The van der Waals surface area contributed by atoms with Crippen molar-refractivity contribution in [3.63, 3.8) is 0 Å². The van der Waals surface area contributed by atoms with E-state index < -0.39 is 17.5 Å². The van der Waals surface area contributed by atoms with Crippen LogP contribution in [0, 0.1) is 11.6 Å². The highest BCUT2D eigenvalue weighted by Crippen LogP contribution is 2.19. The molecule has 0 spiro atoms. The summed E-state index contributed by atoms with van der Waals surface area (Å²) in [5.74, 6) is -2.43. The van der Waals surface area contributed by atoms with E-state index in [-0.39, 0.29) is 30.1 Å². The van der Waals surface area contributed by atoms with Crippen molar-refractivity contribution in [2.75, 3.05) is 19.0 Å². The van der Waals surface area contributed by atoms with Gasteiger partial charge in [-0.2, -0.15) is 0 Å². The number of morpholine rings is 1. The van der Waals surface area contributed by atoms with Crippen LogP contribution in [0.4, 0.5) is 8.78 Å². The monoisotopic (exact) mass is 289 g/mol. The molecule has 0 radical (unpaired) electrons.